The molecule has 6 nitrogen and oxygen atoms in total. The number of esters is 1. The molecular formula is C20H24O6S. The Morgan fingerprint density at radius 1 is 1.11 bits per heavy atom. The second kappa shape index (κ2) is 10.8. The van der Waals surface area contributed by atoms with Gasteiger partial charge in [0.2, 0.25) is 0 Å². The summed E-state index contributed by atoms with van der Waals surface area (Å²) in [6, 6.07) is 11.1. The van der Waals surface area contributed by atoms with E-state index in [1.54, 1.807) is 13.2 Å². The summed E-state index contributed by atoms with van der Waals surface area (Å²) in [4.78, 5) is 23.5. The van der Waals surface area contributed by atoms with Gasteiger partial charge in [-0.05, 0) is 34.9 Å². The summed E-state index contributed by atoms with van der Waals surface area (Å²) in [5.74, 6) is -0.182. The van der Waals surface area contributed by atoms with E-state index in [2.05, 4.69) is 0 Å². The first kappa shape index (κ1) is 21.1. The van der Waals surface area contributed by atoms with E-state index in [1.807, 2.05) is 30.3 Å². The van der Waals surface area contributed by atoms with E-state index < -0.39 is 17.9 Å². The summed E-state index contributed by atoms with van der Waals surface area (Å²) in [6.07, 6.45) is 0.224. The van der Waals surface area contributed by atoms with Crippen molar-refractivity contribution < 1.29 is 29.3 Å². The Labute approximate surface area is 162 Å². The average molecular weight is 392 g/mol. The fourth-order valence-corrected chi connectivity index (χ4v) is 3.27. The quantitative estimate of drug-likeness (QED) is 0.448. The molecule has 0 fully saturated rings. The maximum atomic E-state index is 11.8. The number of aliphatic hydroxyl groups is 1. The number of carboxylic acid groups (broad SMARTS) is 1. The Morgan fingerprint density at radius 3 is 2.56 bits per heavy atom. The number of aliphatic hydroxyl groups excluding tert-OH is 1. The highest BCUT2D eigenvalue weighted by molar-refractivity contribution is 7.99. The molecule has 0 saturated heterocycles. The largest absolute Gasteiger partial charge is 0.497 e. The first-order valence-electron chi connectivity index (χ1n) is 8.70. The fraction of sp³-hybridized carbons (Fsp3) is 0.400. The molecular weight excluding hydrogens is 368 g/mol. The van der Waals surface area contributed by atoms with Crippen molar-refractivity contribution in [2.24, 2.45) is 0 Å². The van der Waals surface area contributed by atoms with E-state index in [9.17, 15) is 14.7 Å². The monoisotopic (exact) mass is 392 g/mol. The molecule has 0 bridgehead atoms. The van der Waals surface area contributed by atoms with Crippen LogP contribution in [0.1, 0.15) is 24.3 Å². The number of fused-ring (bicyclic) bond motifs is 1. The summed E-state index contributed by atoms with van der Waals surface area (Å²) < 4.78 is 10.3. The average Bonchev–Trinajstić information content (AvgIpc) is 2.67. The number of aliphatic carboxylic acids is 1. The highest BCUT2D eigenvalue weighted by Crippen LogP contribution is 2.28. The Morgan fingerprint density at radius 2 is 1.85 bits per heavy atom. The minimum absolute atomic E-state index is 0.0439. The predicted molar refractivity (Wildman–Crippen MR) is 105 cm³/mol. The Bertz CT molecular complexity index is 776. The van der Waals surface area contributed by atoms with Crippen LogP contribution >= 0.6 is 11.8 Å². The van der Waals surface area contributed by atoms with Gasteiger partial charge in [0, 0.05) is 17.9 Å². The maximum absolute atomic E-state index is 11.8. The third-order valence-electron chi connectivity index (χ3n) is 4.14. The molecule has 0 aliphatic carbocycles. The second-order valence-electron chi connectivity index (χ2n) is 5.96. The summed E-state index contributed by atoms with van der Waals surface area (Å²) in [5.41, 5.74) is 0.659. The molecule has 0 radical (unpaired) electrons. The smallest absolute Gasteiger partial charge is 0.310 e. The molecule has 2 rings (SSSR count). The molecule has 0 heterocycles. The molecule has 146 valence electrons. The van der Waals surface area contributed by atoms with Crippen LogP contribution < -0.4 is 4.74 Å². The normalized spacial score (nSPS) is 11.9. The van der Waals surface area contributed by atoms with Gasteiger partial charge in [-0.15, -0.1) is 0 Å². The van der Waals surface area contributed by atoms with E-state index in [0.717, 1.165) is 16.5 Å². The van der Waals surface area contributed by atoms with Crippen LogP contribution in [-0.4, -0.2) is 54.0 Å². The van der Waals surface area contributed by atoms with Crippen molar-refractivity contribution in [3.8, 4) is 5.75 Å². The van der Waals surface area contributed by atoms with E-state index in [-0.39, 0.29) is 26.1 Å². The molecule has 0 aliphatic heterocycles. The topological polar surface area (TPSA) is 93.1 Å². The number of hydrogen-bond donors (Lipinski definition) is 2. The zero-order valence-corrected chi connectivity index (χ0v) is 16.0. The number of ether oxygens (including phenoxy) is 2. The number of benzene rings is 2. The molecule has 0 amide bonds. The molecule has 0 aliphatic rings. The van der Waals surface area contributed by atoms with Gasteiger partial charge in [0.25, 0.3) is 0 Å². The Hall–Kier alpha value is -2.25. The maximum Gasteiger partial charge on any atom is 0.310 e. The third kappa shape index (κ3) is 6.45. The molecule has 0 aromatic heterocycles. The molecule has 2 N–H and O–H groups in total. The summed E-state index contributed by atoms with van der Waals surface area (Å²) in [5, 5.41) is 20.1. The lowest BCUT2D eigenvalue weighted by molar-refractivity contribution is -0.143. The van der Waals surface area contributed by atoms with Crippen LogP contribution in [0, 0.1) is 0 Å². The number of rotatable bonds is 11. The van der Waals surface area contributed by atoms with Crippen LogP contribution in [0.4, 0.5) is 0 Å². The van der Waals surface area contributed by atoms with Crippen LogP contribution in [0.5, 0.6) is 5.75 Å². The van der Waals surface area contributed by atoms with Crippen LogP contribution in [0.3, 0.4) is 0 Å². The number of thioether (sulfide) groups is 1. The zero-order chi connectivity index (χ0) is 19.6. The van der Waals surface area contributed by atoms with Crippen molar-refractivity contribution in [2.75, 3.05) is 31.8 Å². The van der Waals surface area contributed by atoms with Gasteiger partial charge in [-0.1, -0.05) is 24.3 Å². The number of methoxy groups -OCH3 is 1. The molecule has 27 heavy (non-hydrogen) atoms. The van der Waals surface area contributed by atoms with Gasteiger partial charge in [-0.25, -0.2) is 0 Å². The Balaban J connectivity index is 1.97. The lowest BCUT2D eigenvalue weighted by atomic mass is 9.92. The SMILES string of the molecule is COc1ccc2cc(C(CCC(=O)OCCSCCO)C(=O)O)ccc2c1. The number of carboxylic acids is 1. The van der Waals surface area contributed by atoms with Crippen molar-refractivity contribution in [1.29, 1.82) is 0 Å². The first-order valence-corrected chi connectivity index (χ1v) is 9.85. The lowest BCUT2D eigenvalue weighted by Crippen LogP contribution is -2.15. The second-order valence-corrected chi connectivity index (χ2v) is 7.18. The highest BCUT2D eigenvalue weighted by atomic mass is 32.2. The van der Waals surface area contributed by atoms with Gasteiger partial charge in [0.15, 0.2) is 0 Å². The summed E-state index contributed by atoms with van der Waals surface area (Å²) >= 11 is 1.49. The first-order chi connectivity index (χ1) is 13.0. The van der Waals surface area contributed by atoms with Gasteiger partial charge in [-0.3, -0.25) is 9.59 Å². The van der Waals surface area contributed by atoms with Gasteiger partial charge < -0.3 is 19.7 Å². The lowest BCUT2D eigenvalue weighted by Gasteiger charge is -2.14. The van der Waals surface area contributed by atoms with E-state index in [4.69, 9.17) is 14.6 Å². The fourth-order valence-electron chi connectivity index (χ4n) is 2.73. The van der Waals surface area contributed by atoms with Crippen molar-refractivity contribution in [2.45, 2.75) is 18.8 Å². The summed E-state index contributed by atoms with van der Waals surface area (Å²) in [7, 11) is 1.60. The summed E-state index contributed by atoms with van der Waals surface area (Å²) in [6.45, 7) is 0.358. The predicted octanol–water partition coefficient (Wildman–Crippen LogP) is 3.07. The number of carbonyl (C=O) groups excluding carboxylic acids is 1. The van der Waals surface area contributed by atoms with E-state index in [1.165, 1.54) is 11.8 Å². The minimum Gasteiger partial charge on any atom is -0.497 e. The van der Waals surface area contributed by atoms with Crippen LogP contribution in [0.25, 0.3) is 10.8 Å². The number of hydrogen-bond acceptors (Lipinski definition) is 6. The van der Waals surface area contributed by atoms with Gasteiger partial charge >= 0.3 is 11.9 Å². The highest BCUT2D eigenvalue weighted by Gasteiger charge is 2.21. The third-order valence-corrected chi connectivity index (χ3v) is 5.06. The minimum atomic E-state index is -0.964. The zero-order valence-electron chi connectivity index (χ0n) is 15.2. The molecule has 1 atom stereocenters. The van der Waals surface area contributed by atoms with Crippen molar-refractivity contribution in [3.63, 3.8) is 0 Å². The number of carbonyl (C=O) groups is 2. The molecule has 0 saturated carbocycles. The van der Waals surface area contributed by atoms with Crippen LogP contribution in [0.2, 0.25) is 0 Å². The standard InChI is InChI=1S/C20H24O6S/c1-25-17-5-4-14-12-16(3-2-15(14)13-17)18(20(23)24)6-7-19(22)26-9-11-27-10-8-21/h2-5,12-13,18,21H,6-11H2,1H3,(H,23,24). The molecule has 7 heteroatoms. The van der Waals surface area contributed by atoms with Crippen molar-refractivity contribution in [3.05, 3.63) is 42.0 Å². The molecule has 2 aromatic rings. The van der Waals surface area contributed by atoms with Crippen LogP contribution in [0.15, 0.2) is 36.4 Å². The van der Waals surface area contributed by atoms with E-state index in [0.29, 0.717) is 17.1 Å². The van der Waals surface area contributed by atoms with Gasteiger partial charge in [-0.2, -0.15) is 11.8 Å². The van der Waals surface area contributed by atoms with Crippen molar-refractivity contribution in [1.82, 2.24) is 0 Å². The van der Waals surface area contributed by atoms with Crippen molar-refractivity contribution >= 4 is 34.5 Å². The molecule has 0 spiro atoms. The molecule has 1 unspecified atom stereocenters. The van der Waals surface area contributed by atoms with E-state index >= 15 is 0 Å². The Kier molecular flexibility index (Phi) is 8.42. The van der Waals surface area contributed by atoms with Gasteiger partial charge in [0.1, 0.15) is 12.4 Å². The van der Waals surface area contributed by atoms with Gasteiger partial charge in [0.05, 0.1) is 19.6 Å². The van der Waals surface area contributed by atoms with Crippen LogP contribution in [-0.2, 0) is 14.3 Å². The molecule has 2 aromatic carbocycles.